The molecular weight excluding hydrogens is 268 g/mol. The number of Topliss-reactive ketones (excluding diaryl/α,β-unsaturated/α-hetero) is 1. The van der Waals surface area contributed by atoms with E-state index in [-0.39, 0.29) is 18.3 Å². The number of hydrogen-bond acceptors (Lipinski definition) is 3. The van der Waals surface area contributed by atoms with Crippen LogP contribution in [0.5, 0.6) is 0 Å². The second-order valence-corrected chi connectivity index (χ2v) is 4.90. The number of rotatable bonds is 5. The highest BCUT2D eigenvalue weighted by Crippen LogP contribution is 2.14. The molecule has 0 aliphatic carbocycles. The number of amides is 1. The zero-order valence-electron chi connectivity index (χ0n) is 12.0. The smallest absolute Gasteiger partial charge is 0.268 e. The van der Waals surface area contributed by atoms with Gasteiger partial charge in [-0.05, 0) is 18.6 Å². The van der Waals surface area contributed by atoms with Crippen molar-refractivity contribution in [3.63, 3.8) is 0 Å². The molecule has 2 N–H and O–H groups in total. The van der Waals surface area contributed by atoms with Gasteiger partial charge in [-0.1, -0.05) is 30.3 Å². The SMILES string of the molecule is CC(=O)c1cc(C(=O)NC(CO)c2ccccc2)n(C)c1. The molecular formula is C16H18N2O3. The molecule has 0 fully saturated rings. The van der Waals surface area contributed by atoms with Gasteiger partial charge < -0.3 is 15.0 Å². The van der Waals surface area contributed by atoms with Gasteiger partial charge in [-0.2, -0.15) is 0 Å². The molecule has 5 nitrogen and oxygen atoms in total. The van der Waals surface area contributed by atoms with Gasteiger partial charge in [0.1, 0.15) is 5.69 Å². The van der Waals surface area contributed by atoms with Crippen LogP contribution in [-0.4, -0.2) is 28.0 Å². The maximum atomic E-state index is 12.3. The molecule has 110 valence electrons. The summed E-state index contributed by atoms with van der Waals surface area (Å²) in [6.45, 7) is 1.26. The number of aromatic nitrogens is 1. The lowest BCUT2D eigenvalue weighted by Crippen LogP contribution is -2.31. The predicted octanol–water partition coefficient (Wildman–Crippen LogP) is 1.69. The summed E-state index contributed by atoms with van der Waals surface area (Å²) < 4.78 is 1.60. The standard InChI is InChI=1S/C16H18N2O3/c1-11(20)13-8-15(18(2)9-13)16(21)17-14(10-19)12-6-4-3-5-7-12/h3-9,14,19H,10H2,1-2H3,(H,17,21). The molecule has 0 spiro atoms. The summed E-state index contributed by atoms with van der Waals surface area (Å²) >= 11 is 0. The number of aliphatic hydroxyl groups is 1. The molecule has 0 bridgehead atoms. The first-order valence-corrected chi connectivity index (χ1v) is 6.67. The van der Waals surface area contributed by atoms with Crippen molar-refractivity contribution in [3.8, 4) is 0 Å². The van der Waals surface area contributed by atoms with Crippen molar-refractivity contribution in [2.75, 3.05) is 6.61 Å². The van der Waals surface area contributed by atoms with Gasteiger partial charge in [-0.3, -0.25) is 9.59 Å². The monoisotopic (exact) mass is 286 g/mol. The van der Waals surface area contributed by atoms with E-state index in [9.17, 15) is 14.7 Å². The third-order valence-electron chi connectivity index (χ3n) is 3.33. The van der Waals surface area contributed by atoms with Crippen molar-refractivity contribution in [2.45, 2.75) is 13.0 Å². The normalized spacial score (nSPS) is 12.0. The molecule has 5 heteroatoms. The summed E-state index contributed by atoms with van der Waals surface area (Å²) in [6.07, 6.45) is 1.62. The van der Waals surface area contributed by atoms with Gasteiger partial charge in [0.05, 0.1) is 12.6 Å². The maximum Gasteiger partial charge on any atom is 0.268 e. The largest absolute Gasteiger partial charge is 0.394 e. The summed E-state index contributed by atoms with van der Waals surface area (Å²) in [5, 5.41) is 12.2. The Kier molecular flexibility index (Phi) is 4.55. The van der Waals surface area contributed by atoms with Crippen LogP contribution in [0.1, 0.15) is 39.4 Å². The van der Waals surface area contributed by atoms with E-state index < -0.39 is 6.04 Å². The van der Waals surface area contributed by atoms with Gasteiger partial charge in [0, 0.05) is 18.8 Å². The number of nitrogens with zero attached hydrogens (tertiary/aromatic N) is 1. The molecule has 0 radical (unpaired) electrons. The fraction of sp³-hybridized carbons (Fsp3) is 0.250. The molecule has 1 atom stereocenters. The first-order valence-electron chi connectivity index (χ1n) is 6.67. The van der Waals surface area contributed by atoms with E-state index in [0.717, 1.165) is 5.56 Å². The number of nitrogens with one attached hydrogen (secondary N) is 1. The Morgan fingerprint density at radius 3 is 2.48 bits per heavy atom. The molecule has 1 heterocycles. The van der Waals surface area contributed by atoms with E-state index in [4.69, 9.17) is 0 Å². The van der Waals surface area contributed by atoms with Crippen LogP contribution in [0, 0.1) is 0 Å². The Balaban J connectivity index is 2.19. The molecule has 1 amide bonds. The van der Waals surface area contributed by atoms with E-state index in [1.807, 2.05) is 30.3 Å². The second kappa shape index (κ2) is 6.37. The fourth-order valence-electron chi connectivity index (χ4n) is 2.13. The molecule has 1 aromatic heterocycles. The molecule has 0 saturated carbocycles. The molecule has 2 aromatic rings. The first kappa shape index (κ1) is 15.0. The number of hydrogen-bond donors (Lipinski definition) is 2. The van der Waals surface area contributed by atoms with Gasteiger partial charge in [0.2, 0.25) is 0 Å². The topological polar surface area (TPSA) is 71.3 Å². The average molecular weight is 286 g/mol. The Hall–Kier alpha value is -2.40. The summed E-state index contributed by atoms with van der Waals surface area (Å²) in [6, 6.07) is 10.3. The van der Waals surface area contributed by atoms with Gasteiger partial charge in [-0.25, -0.2) is 0 Å². The number of benzene rings is 1. The van der Waals surface area contributed by atoms with E-state index in [1.54, 1.807) is 23.9 Å². The Labute approximate surface area is 123 Å². The van der Waals surface area contributed by atoms with Crippen LogP contribution in [0.2, 0.25) is 0 Å². The Morgan fingerprint density at radius 2 is 1.95 bits per heavy atom. The third-order valence-corrected chi connectivity index (χ3v) is 3.33. The van der Waals surface area contributed by atoms with Crippen LogP contribution in [0.3, 0.4) is 0 Å². The predicted molar refractivity (Wildman–Crippen MR) is 79.2 cm³/mol. The molecule has 1 aromatic carbocycles. The highest BCUT2D eigenvalue weighted by atomic mass is 16.3. The van der Waals surface area contributed by atoms with Crippen molar-refractivity contribution < 1.29 is 14.7 Å². The Morgan fingerprint density at radius 1 is 1.29 bits per heavy atom. The highest BCUT2D eigenvalue weighted by Gasteiger charge is 2.18. The third kappa shape index (κ3) is 3.38. The molecule has 0 saturated heterocycles. The highest BCUT2D eigenvalue weighted by molar-refractivity contribution is 5.99. The number of carbonyl (C=O) groups excluding carboxylic acids is 2. The van der Waals surface area contributed by atoms with Gasteiger partial charge in [0.15, 0.2) is 5.78 Å². The number of ketones is 1. The molecule has 2 rings (SSSR count). The van der Waals surface area contributed by atoms with Crippen molar-refractivity contribution in [3.05, 3.63) is 59.4 Å². The molecule has 0 aliphatic heterocycles. The number of aliphatic hydroxyl groups excluding tert-OH is 1. The van der Waals surface area contributed by atoms with Crippen LogP contribution in [-0.2, 0) is 7.05 Å². The summed E-state index contributed by atoms with van der Waals surface area (Å²) in [4.78, 5) is 23.6. The number of aryl methyl sites for hydroxylation is 1. The lowest BCUT2D eigenvalue weighted by Gasteiger charge is -2.16. The zero-order valence-corrected chi connectivity index (χ0v) is 12.0. The minimum absolute atomic E-state index is 0.0913. The second-order valence-electron chi connectivity index (χ2n) is 4.90. The fourth-order valence-corrected chi connectivity index (χ4v) is 2.13. The van der Waals surface area contributed by atoms with Crippen molar-refractivity contribution in [1.29, 1.82) is 0 Å². The lowest BCUT2D eigenvalue weighted by atomic mass is 10.1. The molecule has 1 unspecified atom stereocenters. The summed E-state index contributed by atoms with van der Waals surface area (Å²) in [7, 11) is 1.71. The van der Waals surface area contributed by atoms with E-state index >= 15 is 0 Å². The van der Waals surface area contributed by atoms with Crippen LogP contribution in [0.15, 0.2) is 42.6 Å². The van der Waals surface area contributed by atoms with Gasteiger partial charge in [-0.15, -0.1) is 0 Å². The van der Waals surface area contributed by atoms with Crippen LogP contribution >= 0.6 is 0 Å². The van der Waals surface area contributed by atoms with Crippen molar-refractivity contribution >= 4 is 11.7 Å². The first-order chi connectivity index (χ1) is 10.0. The summed E-state index contributed by atoms with van der Waals surface area (Å²) in [5.74, 6) is -0.417. The van der Waals surface area contributed by atoms with Gasteiger partial charge in [0.25, 0.3) is 5.91 Å². The quantitative estimate of drug-likeness (QED) is 0.822. The Bertz CT molecular complexity index is 647. The van der Waals surface area contributed by atoms with E-state index in [0.29, 0.717) is 11.3 Å². The molecule has 0 aliphatic rings. The number of carbonyl (C=O) groups is 2. The minimum atomic E-state index is -0.477. The van der Waals surface area contributed by atoms with Crippen LogP contribution in [0.4, 0.5) is 0 Å². The van der Waals surface area contributed by atoms with Crippen LogP contribution in [0.25, 0.3) is 0 Å². The summed E-state index contributed by atoms with van der Waals surface area (Å²) in [5.41, 5.74) is 1.70. The van der Waals surface area contributed by atoms with E-state index in [1.165, 1.54) is 6.92 Å². The minimum Gasteiger partial charge on any atom is -0.394 e. The van der Waals surface area contributed by atoms with Gasteiger partial charge >= 0.3 is 0 Å². The van der Waals surface area contributed by atoms with Crippen molar-refractivity contribution in [2.24, 2.45) is 7.05 Å². The van der Waals surface area contributed by atoms with E-state index in [2.05, 4.69) is 5.32 Å². The molecule has 21 heavy (non-hydrogen) atoms. The lowest BCUT2D eigenvalue weighted by molar-refractivity contribution is 0.0908. The maximum absolute atomic E-state index is 12.3. The zero-order chi connectivity index (χ0) is 15.4. The average Bonchev–Trinajstić information content (AvgIpc) is 2.88. The van der Waals surface area contributed by atoms with Crippen molar-refractivity contribution in [1.82, 2.24) is 9.88 Å². The van der Waals surface area contributed by atoms with Crippen LogP contribution < -0.4 is 5.32 Å².